The van der Waals surface area contributed by atoms with Gasteiger partial charge in [-0.2, -0.15) is 26.3 Å². The Morgan fingerprint density at radius 2 is 1.75 bits per heavy atom. The summed E-state index contributed by atoms with van der Waals surface area (Å²) in [6.45, 7) is 4.02. The summed E-state index contributed by atoms with van der Waals surface area (Å²) in [5.41, 5.74) is -3.03. The molecule has 1 N–H and O–H groups in total. The first-order valence-corrected chi connectivity index (χ1v) is 12.7. The van der Waals surface area contributed by atoms with Crippen molar-refractivity contribution in [1.29, 1.82) is 0 Å². The average molecular weight is 575 g/mol. The molecule has 3 heterocycles. The molecule has 0 bridgehead atoms. The summed E-state index contributed by atoms with van der Waals surface area (Å²) in [6.07, 6.45) is -7.01. The Hall–Kier alpha value is -3.62. The Kier molecular flexibility index (Phi) is 8.71. The second kappa shape index (κ2) is 11.9. The van der Waals surface area contributed by atoms with Crippen LogP contribution in [0.3, 0.4) is 0 Å². The molecule has 15 heteroatoms. The Morgan fingerprint density at radius 1 is 1.02 bits per heavy atom. The molecule has 1 amide bonds. The number of carbonyl (C=O) groups is 1. The number of halogens is 6. The quantitative estimate of drug-likeness (QED) is 0.279. The number of hydrogen-bond donors (Lipinski definition) is 1. The van der Waals surface area contributed by atoms with Crippen LogP contribution in [0.4, 0.5) is 43.5 Å². The number of nitro groups is 1. The van der Waals surface area contributed by atoms with Gasteiger partial charge in [-0.3, -0.25) is 19.8 Å². The summed E-state index contributed by atoms with van der Waals surface area (Å²) in [7, 11) is 0. The van der Waals surface area contributed by atoms with Crippen molar-refractivity contribution in [2.45, 2.75) is 37.7 Å². The van der Waals surface area contributed by atoms with E-state index in [-0.39, 0.29) is 17.6 Å². The first kappa shape index (κ1) is 29.4. The van der Waals surface area contributed by atoms with E-state index in [0.717, 1.165) is 24.4 Å². The Morgan fingerprint density at radius 3 is 2.35 bits per heavy atom. The maximum absolute atomic E-state index is 13.2. The fraction of sp³-hybridized carbons (Fsp3) is 0.520. The molecule has 2 aliphatic rings. The van der Waals surface area contributed by atoms with E-state index in [4.69, 9.17) is 0 Å². The van der Waals surface area contributed by atoms with Gasteiger partial charge >= 0.3 is 12.4 Å². The van der Waals surface area contributed by atoms with Crippen molar-refractivity contribution in [3.63, 3.8) is 0 Å². The lowest BCUT2D eigenvalue weighted by Crippen LogP contribution is -2.47. The molecule has 1 aromatic carbocycles. The number of hydrogen-bond acceptors (Lipinski definition) is 7. The van der Waals surface area contributed by atoms with E-state index in [1.54, 1.807) is 4.90 Å². The number of nitrogens with one attached hydrogen (secondary N) is 1. The molecule has 40 heavy (non-hydrogen) atoms. The van der Waals surface area contributed by atoms with Crippen LogP contribution in [0.2, 0.25) is 0 Å². The average Bonchev–Trinajstić information content (AvgIpc) is 3.36. The van der Waals surface area contributed by atoms with Crippen molar-refractivity contribution in [3.8, 4) is 0 Å². The summed E-state index contributed by atoms with van der Waals surface area (Å²) < 4.78 is 77.9. The molecular weight excluding hydrogens is 546 g/mol. The number of rotatable bonds is 8. The van der Waals surface area contributed by atoms with E-state index < -0.39 is 34.1 Å². The zero-order chi connectivity index (χ0) is 29.1. The number of anilines is 2. The largest absolute Gasteiger partial charge is 0.423 e. The molecule has 2 aliphatic heterocycles. The number of piperazine rings is 1. The van der Waals surface area contributed by atoms with E-state index >= 15 is 0 Å². The SMILES string of the molecule is O=C(CCCN1CCN(c2ccc(C(F)(F)F)cn2)CC1)N1CC[C@H](Nc2ccc([N+](=O)[O-])c(C(F)(F)F)c2)C1. The smallest absolute Gasteiger partial charge is 0.380 e. The van der Waals surface area contributed by atoms with Gasteiger partial charge in [0.25, 0.3) is 5.69 Å². The lowest BCUT2D eigenvalue weighted by Gasteiger charge is -2.35. The third kappa shape index (κ3) is 7.31. The van der Waals surface area contributed by atoms with Gasteiger partial charge in [-0.1, -0.05) is 0 Å². The number of nitrogens with zero attached hydrogens (tertiary/aromatic N) is 5. The molecule has 0 spiro atoms. The third-order valence-corrected chi connectivity index (χ3v) is 7.05. The highest BCUT2D eigenvalue weighted by Gasteiger charge is 2.39. The molecule has 4 rings (SSSR count). The molecule has 2 aromatic rings. The number of nitro benzene ring substituents is 1. The van der Waals surface area contributed by atoms with E-state index in [9.17, 15) is 41.3 Å². The molecule has 218 valence electrons. The minimum atomic E-state index is -4.87. The van der Waals surface area contributed by atoms with Gasteiger partial charge in [-0.25, -0.2) is 4.98 Å². The van der Waals surface area contributed by atoms with Gasteiger partial charge < -0.3 is 15.1 Å². The van der Waals surface area contributed by atoms with Crippen molar-refractivity contribution in [2.24, 2.45) is 0 Å². The fourth-order valence-corrected chi connectivity index (χ4v) is 4.91. The van der Waals surface area contributed by atoms with Crippen LogP contribution in [-0.2, 0) is 17.1 Å². The minimum Gasteiger partial charge on any atom is -0.380 e. The van der Waals surface area contributed by atoms with Crippen LogP contribution in [0.5, 0.6) is 0 Å². The number of aromatic nitrogens is 1. The van der Waals surface area contributed by atoms with Crippen LogP contribution in [0, 0.1) is 10.1 Å². The monoisotopic (exact) mass is 574 g/mol. The number of amides is 1. The van der Waals surface area contributed by atoms with Crippen LogP contribution >= 0.6 is 0 Å². The second-order valence-electron chi connectivity index (χ2n) is 9.79. The van der Waals surface area contributed by atoms with Crippen molar-refractivity contribution in [1.82, 2.24) is 14.8 Å². The summed E-state index contributed by atoms with van der Waals surface area (Å²) >= 11 is 0. The molecule has 2 fully saturated rings. The molecule has 0 saturated carbocycles. The summed E-state index contributed by atoms with van der Waals surface area (Å²) in [6, 6.07) is 4.87. The van der Waals surface area contributed by atoms with Crippen LogP contribution in [0.15, 0.2) is 36.5 Å². The topological polar surface area (TPSA) is 94.9 Å². The third-order valence-electron chi connectivity index (χ3n) is 7.05. The van der Waals surface area contributed by atoms with E-state index in [2.05, 4.69) is 15.2 Å². The van der Waals surface area contributed by atoms with Crippen LogP contribution in [0.1, 0.15) is 30.4 Å². The van der Waals surface area contributed by atoms with Gasteiger partial charge in [0.15, 0.2) is 0 Å². The zero-order valence-electron chi connectivity index (χ0n) is 21.3. The number of alkyl halides is 6. The fourth-order valence-electron chi connectivity index (χ4n) is 4.91. The lowest BCUT2D eigenvalue weighted by molar-refractivity contribution is -0.388. The van der Waals surface area contributed by atoms with Gasteiger partial charge in [-0.05, 0) is 43.7 Å². The van der Waals surface area contributed by atoms with E-state index in [1.807, 2.05) is 4.90 Å². The molecule has 1 aromatic heterocycles. The minimum absolute atomic E-state index is 0.0587. The van der Waals surface area contributed by atoms with Crippen LogP contribution in [0.25, 0.3) is 0 Å². The highest BCUT2D eigenvalue weighted by molar-refractivity contribution is 5.76. The van der Waals surface area contributed by atoms with Gasteiger partial charge in [0.1, 0.15) is 11.4 Å². The first-order chi connectivity index (χ1) is 18.8. The van der Waals surface area contributed by atoms with Crippen molar-refractivity contribution < 1.29 is 36.1 Å². The van der Waals surface area contributed by atoms with Crippen molar-refractivity contribution >= 4 is 23.1 Å². The maximum Gasteiger partial charge on any atom is 0.423 e. The molecule has 1 atom stereocenters. The van der Waals surface area contributed by atoms with Crippen LogP contribution in [-0.4, -0.2) is 77.5 Å². The number of pyridine rings is 1. The van der Waals surface area contributed by atoms with Crippen molar-refractivity contribution in [3.05, 3.63) is 57.8 Å². The lowest BCUT2D eigenvalue weighted by atomic mass is 10.1. The second-order valence-corrected chi connectivity index (χ2v) is 9.79. The van der Waals surface area contributed by atoms with Gasteiger partial charge in [0.05, 0.1) is 10.5 Å². The molecule has 2 saturated heterocycles. The summed E-state index contributed by atoms with van der Waals surface area (Å²) in [4.78, 5) is 32.2. The molecule has 0 aliphatic carbocycles. The van der Waals surface area contributed by atoms with E-state index in [1.165, 1.54) is 12.1 Å². The summed E-state index contributed by atoms with van der Waals surface area (Å²) in [5, 5.41) is 13.9. The summed E-state index contributed by atoms with van der Waals surface area (Å²) in [5.74, 6) is 0.431. The maximum atomic E-state index is 13.2. The normalized spacial score (nSPS) is 18.7. The Labute approximate surface area is 225 Å². The van der Waals surface area contributed by atoms with Crippen LogP contribution < -0.4 is 10.2 Å². The zero-order valence-corrected chi connectivity index (χ0v) is 21.3. The Balaban J connectivity index is 1.19. The molecular formula is C25H28F6N6O3. The predicted molar refractivity (Wildman–Crippen MR) is 134 cm³/mol. The number of likely N-dealkylation sites (tertiary alicyclic amines) is 1. The highest BCUT2D eigenvalue weighted by Crippen LogP contribution is 2.38. The van der Waals surface area contributed by atoms with Gasteiger partial charge in [0.2, 0.25) is 5.91 Å². The van der Waals surface area contributed by atoms with Gasteiger partial charge in [0, 0.05) is 69.7 Å². The standard InChI is InChI=1S/C25H28F6N6O3/c26-24(27,28)17-3-6-22(32-15-17)35-12-10-34(11-13-35)8-1-2-23(38)36-9-7-19(16-36)33-18-4-5-21(37(39)40)20(14-18)25(29,30)31/h3-6,14-15,19,33H,1-2,7-13,16H2/t19-/m0/s1. The van der Waals surface area contributed by atoms with Crippen molar-refractivity contribution in [2.75, 3.05) is 56.0 Å². The molecule has 9 nitrogen and oxygen atoms in total. The molecule has 0 unspecified atom stereocenters. The Bertz CT molecular complexity index is 1200. The number of benzene rings is 1. The van der Waals surface area contributed by atoms with E-state index in [0.29, 0.717) is 70.9 Å². The predicted octanol–water partition coefficient (Wildman–Crippen LogP) is 4.64. The highest BCUT2D eigenvalue weighted by atomic mass is 19.4. The van der Waals surface area contributed by atoms with Gasteiger partial charge in [-0.15, -0.1) is 0 Å². The molecule has 0 radical (unpaired) electrons. The number of carbonyl (C=O) groups excluding carboxylic acids is 1. The first-order valence-electron chi connectivity index (χ1n) is 12.7.